The summed E-state index contributed by atoms with van der Waals surface area (Å²) >= 11 is 0. The van der Waals surface area contributed by atoms with E-state index in [2.05, 4.69) is 14.5 Å². The number of hydrogen-bond donors (Lipinski definition) is 0. The Labute approximate surface area is 97.3 Å². The van der Waals surface area contributed by atoms with E-state index in [9.17, 15) is 27.7 Å². The zero-order valence-electron chi connectivity index (χ0n) is 8.82. The van der Waals surface area contributed by atoms with E-state index < -0.39 is 41.0 Å². The van der Waals surface area contributed by atoms with E-state index >= 15 is 0 Å². The highest BCUT2D eigenvalue weighted by molar-refractivity contribution is 5.52. The summed E-state index contributed by atoms with van der Waals surface area (Å²) in [5.74, 6) is -3.10. The maximum Gasteiger partial charge on any atom is 0.573 e. The third kappa shape index (κ3) is 3.18. The van der Waals surface area contributed by atoms with E-state index in [1.165, 1.54) is 0 Å². The number of rotatable bonds is 4. The van der Waals surface area contributed by atoms with E-state index in [-0.39, 0.29) is 0 Å². The van der Waals surface area contributed by atoms with Gasteiger partial charge in [0.05, 0.1) is 7.11 Å². The Hall–Kier alpha value is -2.13. The number of nitro groups is 1. The van der Waals surface area contributed by atoms with Gasteiger partial charge in [-0.3, -0.25) is 0 Å². The highest BCUT2D eigenvalue weighted by Gasteiger charge is 2.38. The Morgan fingerprint density at radius 3 is 2.50 bits per heavy atom. The lowest BCUT2D eigenvalue weighted by atomic mass is 10.3. The van der Waals surface area contributed by atoms with Crippen LogP contribution in [0.15, 0.2) is 6.07 Å². The van der Waals surface area contributed by atoms with Crippen molar-refractivity contribution < 1.29 is 32.0 Å². The molecule has 0 bridgehead atoms. The summed E-state index contributed by atoms with van der Waals surface area (Å²) in [6.07, 6.45) is -5.16. The van der Waals surface area contributed by atoms with Gasteiger partial charge in [-0.15, -0.1) is 13.2 Å². The molecule has 0 unspecified atom stereocenters. The molecule has 0 spiro atoms. The standard InChI is InChI=1S/C8H6F4N2O4/c1-17-5-2-4(3-9)13-7(14(15)16)6(5)18-8(10,11)12/h2H,3H2,1H3. The molecule has 10 heteroatoms. The van der Waals surface area contributed by atoms with Crippen LogP contribution in [-0.2, 0) is 6.67 Å². The molecule has 0 amide bonds. The molecule has 0 saturated carbocycles. The van der Waals surface area contributed by atoms with Crippen molar-refractivity contribution in [2.75, 3.05) is 7.11 Å². The zero-order valence-corrected chi connectivity index (χ0v) is 8.82. The molecule has 6 nitrogen and oxygen atoms in total. The second kappa shape index (κ2) is 5.02. The van der Waals surface area contributed by atoms with Gasteiger partial charge in [0, 0.05) is 6.07 Å². The smallest absolute Gasteiger partial charge is 0.492 e. The molecule has 18 heavy (non-hydrogen) atoms. The lowest BCUT2D eigenvalue weighted by Gasteiger charge is -2.12. The predicted octanol–water partition coefficient (Wildman–Crippen LogP) is 2.37. The second-order valence-corrected chi connectivity index (χ2v) is 2.91. The minimum atomic E-state index is -5.16. The first kappa shape index (κ1) is 13.9. The van der Waals surface area contributed by atoms with Crippen LogP contribution in [0.2, 0.25) is 0 Å². The maximum atomic E-state index is 12.4. The molecule has 0 aliphatic heterocycles. The Morgan fingerprint density at radius 1 is 1.50 bits per heavy atom. The summed E-state index contributed by atoms with van der Waals surface area (Å²) in [5, 5.41) is 10.6. The largest absolute Gasteiger partial charge is 0.573 e. The van der Waals surface area contributed by atoms with E-state index in [0.717, 1.165) is 13.2 Å². The number of ether oxygens (including phenoxy) is 2. The van der Waals surface area contributed by atoms with Crippen molar-refractivity contribution in [3.05, 3.63) is 21.9 Å². The quantitative estimate of drug-likeness (QED) is 0.477. The van der Waals surface area contributed by atoms with Crippen LogP contribution >= 0.6 is 0 Å². The van der Waals surface area contributed by atoms with Gasteiger partial charge in [0.1, 0.15) is 0 Å². The van der Waals surface area contributed by atoms with E-state index in [1.54, 1.807) is 0 Å². The van der Waals surface area contributed by atoms with Crippen molar-refractivity contribution in [3.63, 3.8) is 0 Å². The number of methoxy groups -OCH3 is 1. The topological polar surface area (TPSA) is 74.5 Å². The number of pyridine rings is 1. The molecule has 100 valence electrons. The summed E-state index contributed by atoms with van der Waals surface area (Å²) < 4.78 is 56.5. The molecule has 0 atom stereocenters. The van der Waals surface area contributed by atoms with Gasteiger partial charge in [-0.05, 0) is 9.91 Å². The Balaban J connectivity index is 3.39. The molecule has 0 aromatic carbocycles. The summed E-state index contributed by atoms with van der Waals surface area (Å²) in [5.41, 5.74) is -0.437. The van der Waals surface area contributed by atoms with Crippen LogP contribution in [-0.4, -0.2) is 23.4 Å². The molecule has 1 rings (SSSR count). The predicted molar refractivity (Wildman–Crippen MR) is 48.9 cm³/mol. The normalized spacial score (nSPS) is 11.2. The van der Waals surface area contributed by atoms with Gasteiger partial charge in [0.15, 0.2) is 18.1 Å². The lowest BCUT2D eigenvalue weighted by molar-refractivity contribution is -0.393. The monoisotopic (exact) mass is 270 g/mol. The summed E-state index contributed by atoms with van der Waals surface area (Å²) in [4.78, 5) is 12.4. The number of alkyl halides is 4. The summed E-state index contributed by atoms with van der Waals surface area (Å²) in [7, 11) is 0.963. The average molecular weight is 270 g/mol. The summed E-state index contributed by atoms with van der Waals surface area (Å²) in [6.45, 7) is -1.19. The SMILES string of the molecule is COc1cc(CF)nc([N+](=O)[O-])c1OC(F)(F)F. The van der Waals surface area contributed by atoms with Crippen LogP contribution in [0.3, 0.4) is 0 Å². The number of halogens is 4. The maximum absolute atomic E-state index is 12.4. The zero-order chi connectivity index (χ0) is 13.9. The van der Waals surface area contributed by atoms with Gasteiger partial charge in [0.2, 0.25) is 0 Å². The van der Waals surface area contributed by atoms with Crippen molar-refractivity contribution >= 4 is 5.82 Å². The number of aromatic nitrogens is 1. The van der Waals surface area contributed by atoms with Gasteiger partial charge in [0.25, 0.3) is 5.75 Å². The third-order valence-corrected chi connectivity index (χ3v) is 1.72. The first-order valence-corrected chi connectivity index (χ1v) is 4.32. The summed E-state index contributed by atoms with van der Waals surface area (Å²) in [6, 6.07) is 0.786. The first-order valence-electron chi connectivity index (χ1n) is 4.32. The van der Waals surface area contributed by atoms with Gasteiger partial charge in [-0.25, -0.2) is 4.39 Å². The van der Waals surface area contributed by atoms with Crippen LogP contribution in [0.25, 0.3) is 0 Å². The van der Waals surface area contributed by atoms with Crippen LogP contribution in [0.4, 0.5) is 23.4 Å². The molecular weight excluding hydrogens is 264 g/mol. The van der Waals surface area contributed by atoms with Crippen molar-refractivity contribution in [2.24, 2.45) is 0 Å². The van der Waals surface area contributed by atoms with Crippen LogP contribution < -0.4 is 9.47 Å². The van der Waals surface area contributed by atoms with Gasteiger partial charge < -0.3 is 19.6 Å². The molecule has 0 fully saturated rings. The van der Waals surface area contributed by atoms with Gasteiger partial charge in [-0.1, -0.05) is 0 Å². The van der Waals surface area contributed by atoms with Crippen LogP contribution in [0, 0.1) is 10.1 Å². The first-order chi connectivity index (χ1) is 8.28. The molecule has 1 aromatic rings. The van der Waals surface area contributed by atoms with Crippen molar-refractivity contribution in [3.8, 4) is 11.5 Å². The highest BCUT2D eigenvalue weighted by atomic mass is 19.4. The van der Waals surface area contributed by atoms with Crippen LogP contribution in [0.5, 0.6) is 11.5 Å². The van der Waals surface area contributed by atoms with E-state index in [0.29, 0.717) is 0 Å². The van der Waals surface area contributed by atoms with Crippen molar-refractivity contribution in [1.29, 1.82) is 0 Å². The van der Waals surface area contributed by atoms with E-state index in [1.807, 2.05) is 0 Å². The van der Waals surface area contributed by atoms with Crippen molar-refractivity contribution in [2.45, 2.75) is 13.0 Å². The van der Waals surface area contributed by atoms with Crippen molar-refractivity contribution in [1.82, 2.24) is 4.98 Å². The highest BCUT2D eigenvalue weighted by Crippen LogP contribution is 2.39. The fourth-order valence-corrected chi connectivity index (χ4v) is 1.10. The lowest BCUT2D eigenvalue weighted by Crippen LogP contribution is -2.19. The second-order valence-electron chi connectivity index (χ2n) is 2.91. The molecule has 0 aliphatic rings. The minimum absolute atomic E-state index is 0.437. The number of nitrogens with zero attached hydrogens (tertiary/aromatic N) is 2. The molecule has 0 N–H and O–H groups in total. The Kier molecular flexibility index (Phi) is 3.89. The van der Waals surface area contributed by atoms with Gasteiger partial charge >= 0.3 is 12.2 Å². The molecule has 1 heterocycles. The van der Waals surface area contributed by atoms with Crippen LogP contribution in [0.1, 0.15) is 5.69 Å². The van der Waals surface area contributed by atoms with E-state index in [4.69, 9.17) is 0 Å². The third-order valence-electron chi connectivity index (χ3n) is 1.72. The molecule has 1 aromatic heterocycles. The Bertz CT molecular complexity index is 463. The fraction of sp³-hybridized carbons (Fsp3) is 0.375. The number of hydrogen-bond acceptors (Lipinski definition) is 5. The molecule has 0 aliphatic carbocycles. The fourth-order valence-electron chi connectivity index (χ4n) is 1.10. The molecule has 0 radical (unpaired) electrons. The minimum Gasteiger partial charge on any atom is -0.492 e. The molecule has 0 saturated heterocycles. The average Bonchev–Trinajstić information content (AvgIpc) is 2.26. The van der Waals surface area contributed by atoms with Gasteiger partial charge in [-0.2, -0.15) is 0 Å². The molecular formula is C8H6F4N2O4. The Morgan fingerprint density at radius 2 is 2.11 bits per heavy atom.